The van der Waals surface area contributed by atoms with Crippen molar-refractivity contribution in [2.24, 2.45) is 0 Å². The van der Waals surface area contributed by atoms with Gasteiger partial charge in [-0.15, -0.1) is 0 Å². The first kappa shape index (κ1) is 17.7. The highest BCUT2D eigenvalue weighted by molar-refractivity contribution is 7.90. The summed E-state index contributed by atoms with van der Waals surface area (Å²) in [6.07, 6.45) is 1.16. The van der Waals surface area contributed by atoms with Crippen LogP contribution in [0.5, 0.6) is 0 Å². The number of sulfone groups is 1. The smallest absolute Gasteiger partial charge is 0.340 e. The molecular formula is C19H17ClO4S. The normalized spacial score (nSPS) is 16.9. The van der Waals surface area contributed by atoms with E-state index in [0.717, 1.165) is 17.4 Å². The maximum absolute atomic E-state index is 12.5. The standard InChI is InChI=1S/C19H17ClO4S/c1-19(2)17(13-6-10-15(11-7-13)25(3,22)23)16(18(21)24-19)12-4-8-14(20)9-5-12/h4-11H,1-3H3. The maximum Gasteiger partial charge on any atom is 0.340 e. The molecule has 0 aliphatic carbocycles. The Morgan fingerprint density at radius 2 is 1.44 bits per heavy atom. The van der Waals surface area contributed by atoms with Crippen LogP contribution in [0.4, 0.5) is 0 Å². The summed E-state index contributed by atoms with van der Waals surface area (Å²) in [7, 11) is -3.28. The van der Waals surface area contributed by atoms with Crippen molar-refractivity contribution in [1.82, 2.24) is 0 Å². The predicted molar refractivity (Wildman–Crippen MR) is 98.0 cm³/mol. The van der Waals surface area contributed by atoms with E-state index < -0.39 is 21.4 Å². The lowest BCUT2D eigenvalue weighted by atomic mass is 9.87. The van der Waals surface area contributed by atoms with E-state index in [4.69, 9.17) is 16.3 Å². The monoisotopic (exact) mass is 376 g/mol. The molecule has 6 heteroatoms. The summed E-state index contributed by atoms with van der Waals surface area (Å²) in [5.41, 5.74) is 1.82. The molecule has 2 aromatic carbocycles. The number of halogens is 1. The van der Waals surface area contributed by atoms with Crippen molar-refractivity contribution in [3.63, 3.8) is 0 Å². The molecule has 0 aromatic heterocycles. The van der Waals surface area contributed by atoms with Gasteiger partial charge in [0, 0.05) is 16.9 Å². The van der Waals surface area contributed by atoms with Crippen LogP contribution in [0.1, 0.15) is 25.0 Å². The molecule has 0 spiro atoms. The van der Waals surface area contributed by atoms with Crippen molar-refractivity contribution < 1.29 is 17.9 Å². The van der Waals surface area contributed by atoms with E-state index in [-0.39, 0.29) is 4.90 Å². The molecule has 4 nitrogen and oxygen atoms in total. The molecule has 130 valence electrons. The van der Waals surface area contributed by atoms with Gasteiger partial charge < -0.3 is 4.74 Å². The van der Waals surface area contributed by atoms with Crippen LogP contribution in [0.3, 0.4) is 0 Å². The summed E-state index contributed by atoms with van der Waals surface area (Å²) in [5.74, 6) is -0.408. The van der Waals surface area contributed by atoms with Gasteiger partial charge in [0.15, 0.2) is 9.84 Å². The van der Waals surface area contributed by atoms with Crippen LogP contribution >= 0.6 is 11.6 Å². The van der Waals surface area contributed by atoms with Crippen molar-refractivity contribution in [1.29, 1.82) is 0 Å². The fraction of sp³-hybridized carbons (Fsp3) is 0.211. The molecule has 0 fully saturated rings. The second kappa shape index (κ2) is 6.00. The first-order chi connectivity index (χ1) is 11.6. The Morgan fingerprint density at radius 3 is 1.96 bits per heavy atom. The van der Waals surface area contributed by atoms with Crippen LogP contribution in [-0.2, 0) is 19.4 Å². The molecule has 0 saturated heterocycles. The molecule has 0 amide bonds. The average molecular weight is 377 g/mol. The van der Waals surface area contributed by atoms with Crippen LogP contribution < -0.4 is 0 Å². The highest BCUT2D eigenvalue weighted by Crippen LogP contribution is 2.43. The molecule has 0 radical (unpaired) electrons. The molecule has 25 heavy (non-hydrogen) atoms. The van der Waals surface area contributed by atoms with Crippen molar-refractivity contribution in [2.75, 3.05) is 6.26 Å². The van der Waals surface area contributed by atoms with Gasteiger partial charge in [-0.1, -0.05) is 35.9 Å². The molecular weight excluding hydrogens is 360 g/mol. The Balaban J connectivity index is 2.20. The molecule has 0 N–H and O–H groups in total. The van der Waals surface area contributed by atoms with Gasteiger partial charge in [-0.05, 0) is 49.2 Å². The number of carbonyl (C=O) groups excluding carboxylic acids is 1. The fourth-order valence-electron chi connectivity index (χ4n) is 2.98. The molecule has 0 unspecified atom stereocenters. The van der Waals surface area contributed by atoms with Gasteiger partial charge in [0.05, 0.1) is 10.5 Å². The van der Waals surface area contributed by atoms with Gasteiger partial charge in [-0.25, -0.2) is 13.2 Å². The number of benzene rings is 2. The molecule has 2 aromatic rings. The first-order valence-corrected chi connectivity index (χ1v) is 9.91. The van der Waals surface area contributed by atoms with Crippen molar-refractivity contribution in [3.05, 3.63) is 64.7 Å². The zero-order valence-electron chi connectivity index (χ0n) is 14.0. The molecule has 1 aliphatic heterocycles. The van der Waals surface area contributed by atoms with E-state index in [1.54, 1.807) is 36.4 Å². The Labute approximate surface area is 152 Å². The minimum atomic E-state index is -3.28. The number of hydrogen-bond donors (Lipinski definition) is 0. The van der Waals surface area contributed by atoms with Crippen LogP contribution in [0.25, 0.3) is 11.1 Å². The van der Waals surface area contributed by atoms with Gasteiger partial charge in [-0.3, -0.25) is 0 Å². The lowest BCUT2D eigenvalue weighted by Crippen LogP contribution is -2.22. The van der Waals surface area contributed by atoms with E-state index in [2.05, 4.69) is 0 Å². The van der Waals surface area contributed by atoms with E-state index in [1.807, 2.05) is 13.8 Å². The maximum atomic E-state index is 12.5. The van der Waals surface area contributed by atoms with Gasteiger partial charge in [0.1, 0.15) is 5.60 Å². The van der Waals surface area contributed by atoms with E-state index in [9.17, 15) is 13.2 Å². The van der Waals surface area contributed by atoms with E-state index >= 15 is 0 Å². The summed E-state index contributed by atoms with van der Waals surface area (Å²) >= 11 is 5.94. The van der Waals surface area contributed by atoms with Crippen LogP contribution in [-0.4, -0.2) is 26.2 Å². The Bertz CT molecular complexity index is 969. The topological polar surface area (TPSA) is 60.4 Å². The largest absolute Gasteiger partial charge is 0.451 e. The molecule has 0 saturated carbocycles. The number of carbonyl (C=O) groups is 1. The zero-order valence-corrected chi connectivity index (χ0v) is 15.6. The Hall–Kier alpha value is -2.11. The summed E-state index contributed by atoms with van der Waals surface area (Å²) < 4.78 is 28.9. The van der Waals surface area contributed by atoms with Crippen molar-refractivity contribution in [2.45, 2.75) is 24.3 Å². The SMILES string of the molecule is CC1(C)OC(=O)C(c2ccc(Cl)cc2)=C1c1ccc(S(C)(=O)=O)cc1. The minimum Gasteiger partial charge on any atom is -0.451 e. The van der Waals surface area contributed by atoms with Crippen molar-refractivity contribution in [3.8, 4) is 0 Å². The molecule has 1 aliphatic rings. The third-order valence-corrected chi connectivity index (χ3v) is 5.49. The first-order valence-electron chi connectivity index (χ1n) is 7.64. The van der Waals surface area contributed by atoms with Crippen LogP contribution in [0.15, 0.2) is 53.4 Å². The highest BCUT2D eigenvalue weighted by Gasteiger charge is 2.41. The molecule has 0 bridgehead atoms. The summed E-state index contributed by atoms with van der Waals surface area (Å²) in [4.78, 5) is 12.7. The molecule has 0 atom stereocenters. The number of ether oxygens (including phenoxy) is 1. The number of rotatable bonds is 3. The van der Waals surface area contributed by atoms with Gasteiger partial charge in [0.25, 0.3) is 0 Å². The lowest BCUT2D eigenvalue weighted by Gasteiger charge is -2.21. The summed E-state index contributed by atoms with van der Waals surface area (Å²) in [6.45, 7) is 3.63. The zero-order chi connectivity index (χ0) is 18.4. The summed E-state index contributed by atoms with van der Waals surface area (Å²) in [6, 6.07) is 13.4. The number of esters is 1. The van der Waals surface area contributed by atoms with Crippen LogP contribution in [0.2, 0.25) is 5.02 Å². The number of hydrogen-bond acceptors (Lipinski definition) is 4. The predicted octanol–water partition coefficient (Wildman–Crippen LogP) is 3.99. The van der Waals surface area contributed by atoms with Gasteiger partial charge >= 0.3 is 5.97 Å². The third-order valence-electron chi connectivity index (χ3n) is 4.11. The number of cyclic esters (lactones) is 1. The average Bonchev–Trinajstić information content (AvgIpc) is 2.76. The second-order valence-corrected chi connectivity index (χ2v) is 8.91. The van der Waals surface area contributed by atoms with Crippen molar-refractivity contribution >= 4 is 38.6 Å². The lowest BCUT2D eigenvalue weighted by molar-refractivity contribution is -0.141. The molecule has 1 heterocycles. The summed E-state index contributed by atoms with van der Waals surface area (Å²) in [5, 5.41) is 0.578. The van der Waals surface area contributed by atoms with Gasteiger partial charge in [0.2, 0.25) is 0 Å². The third kappa shape index (κ3) is 3.34. The minimum absolute atomic E-state index is 0.230. The van der Waals surface area contributed by atoms with Gasteiger partial charge in [-0.2, -0.15) is 0 Å². The van der Waals surface area contributed by atoms with E-state index in [1.165, 1.54) is 12.1 Å². The highest BCUT2D eigenvalue weighted by atomic mass is 35.5. The Kier molecular flexibility index (Phi) is 4.25. The molecule has 3 rings (SSSR count). The Morgan fingerprint density at radius 1 is 0.920 bits per heavy atom. The second-order valence-electron chi connectivity index (χ2n) is 6.45. The quantitative estimate of drug-likeness (QED) is 0.760. The fourth-order valence-corrected chi connectivity index (χ4v) is 3.73. The van der Waals surface area contributed by atoms with Crippen LogP contribution in [0, 0.1) is 0 Å². The van der Waals surface area contributed by atoms with E-state index in [0.29, 0.717) is 16.2 Å².